The summed E-state index contributed by atoms with van der Waals surface area (Å²) in [5.74, 6) is 1.46. The first-order valence-corrected chi connectivity index (χ1v) is 11.6. The third kappa shape index (κ3) is 4.03. The maximum absolute atomic E-state index is 13.6. The molecule has 5 heteroatoms. The maximum Gasteiger partial charge on any atom is 0.197 e. The minimum absolute atomic E-state index is 0.0606. The van der Waals surface area contributed by atoms with Crippen molar-refractivity contribution >= 4 is 22.5 Å². The molecule has 1 aliphatic rings. The molecule has 0 spiro atoms. The summed E-state index contributed by atoms with van der Waals surface area (Å²) in [6, 6.07) is 21.5. The van der Waals surface area contributed by atoms with Gasteiger partial charge < -0.3 is 15.2 Å². The first kappa shape index (κ1) is 22.1. The Balaban J connectivity index is 1.62. The summed E-state index contributed by atoms with van der Waals surface area (Å²) in [5.41, 5.74) is 12.4. The lowest BCUT2D eigenvalue weighted by Crippen LogP contribution is -2.15. The van der Waals surface area contributed by atoms with Crippen LogP contribution in [-0.4, -0.2) is 31.1 Å². The zero-order valence-electron chi connectivity index (χ0n) is 19.5. The first-order chi connectivity index (χ1) is 16.6. The number of nitrogens with two attached hydrogens (primary N) is 1. The number of benzene rings is 3. The molecule has 1 saturated heterocycles. The van der Waals surface area contributed by atoms with Crippen molar-refractivity contribution in [3.8, 4) is 16.9 Å². The van der Waals surface area contributed by atoms with Crippen LogP contribution in [0.3, 0.4) is 0 Å². The number of rotatable bonds is 5. The maximum atomic E-state index is 13.6. The fourth-order valence-electron chi connectivity index (χ4n) is 4.92. The number of nitrogen functional groups attached to an aromatic ring is 1. The normalized spacial score (nSPS) is 14.3. The van der Waals surface area contributed by atoms with E-state index >= 15 is 0 Å². The van der Waals surface area contributed by atoms with Gasteiger partial charge in [0.15, 0.2) is 5.78 Å². The van der Waals surface area contributed by atoms with Crippen molar-refractivity contribution in [3.63, 3.8) is 0 Å². The summed E-state index contributed by atoms with van der Waals surface area (Å²) in [6.07, 6.45) is 1.90. The van der Waals surface area contributed by atoms with E-state index in [4.69, 9.17) is 15.2 Å². The Kier molecular flexibility index (Phi) is 6.03. The average molecular weight is 453 g/mol. The monoisotopic (exact) mass is 452 g/mol. The third-order valence-corrected chi connectivity index (χ3v) is 6.69. The Morgan fingerprint density at radius 3 is 2.56 bits per heavy atom. The van der Waals surface area contributed by atoms with E-state index in [1.807, 2.05) is 55.5 Å². The van der Waals surface area contributed by atoms with Gasteiger partial charge in [-0.05, 0) is 78.3 Å². The molecule has 34 heavy (non-hydrogen) atoms. The van der Waals surface area contributed by atoms with Gasteiger partial charge in [0, 0.05) is 24.2 Å². The van der Waals surface area contributed by atoms with Crippen molar-refractivity contribution in [2.24, 2.45) is 0 Å². The molecule has 1 aliphatic heterocycles. The number of nitrogens with zero attached hydrogens (tertiary/aromatic N) is 1. The number of carbonyl (C=O) groups is 1. The minimum Gasteiger partial charge on any atom is -0.496 e. The number of carbonyl (C=O) groups excluding carboxylic acids is 1. The number of pyridine rings is 1. The standard InChI is InChI=1S/C29H28N2O3/c1-18-6-5-8-23(28(32)22-7-3-4-9-26(22)33-2)27(18)20-10-11-25-21(16-20)17-24(29(30)31-25)19-12-14-34-15-13-19/h3-11,16-17,19H,12-15H2,1-2H3,(H2,30,31). The molecule has 0 unspecified atom stereocenters. The summed E-state index contributed by atoms with van der Waals surface area (Å²) in [4.78, 5) is 18.3. The highest BCUT2D eigenvalue weighted by molar-refractivity contribution is 6.14. The molecule has 0 saturated carbocycles. The number of fused-ring (bicyclic) bond motifs is 1. The second kappa shape index (κ2) is 9.27. The number of para-hydroxylation sites is 1. The SMILES string of the molecule is COc1ccccc1C(=O)c1cccc(C)c1-c1ccc2nc(N)c(C3CCOCC3)cc2c1. The molecule has 5 rings (SSSR count). The molecule has 3 aromatic carbocycles. The van der Waals surface area contributed by atoms with E-state index in [0.717, 1.165) is 59.2 Å². The van der Waals surface area contributed by atoms with Gasteiger partial charge >= 0.3 is 0 Å². The number of anilines is 1. The number of ether oxygens (including phenoxy) is 2. The Morgan fingerprint density at radius 1 is 1.00 bits per heavy atom. The van der Waals surface area contributed by atoms with Crippen LogP contribution >= 0.6 is 0 Å². The lowest BCUT2D eigenvalue weighted by atomic mass is 9.88. The van der Waals surface area contributed by atoms with Crippen molar-refractivity contribution in [1.82, 2.24) is 4.98 Å². The summed E-state index contributed by atoms with van der Waals surface area (Å²) in [6.45, 7) is 3.53. The second-order valence-corrected chi connectivity index (χ2v) is 8.78. The quantitative estimate of drug-likeness (QED) is 0.380. The predicted molar refractivity (Wildman–Crippen MR) is 136 cm³/mol. The summed E-state index contributed by atoms with van der Waals surface area (Å²) in [7, 11) is 1.58. The fourth-order valence-corrected chi connectivity index (χ4v) is 4.92. The third-order valence-electron chi connectivity index (χ3n) is 6.69. The second-order valence-electron chi connectivity index (χ2n) is 8.78. The highest BCUT2D eigenvalue weighted by atomic mass is 16.5. The molecule has 2 heterocycles. The average Bonchev–Trinajstić information content (AvgIpc) is 2.88. The van der Waals surface area contributed by atoms with Gasteiger partial charge in [0.05, 0.1) is 18.2 Å². The van der Waals surface area contributed by atoms with Crippen molar-refractivity contribution < 1.29 is 14.3 Å². The van der Waals surface area contributed by atoms with Crippen LogP contribution in [0.5, 0.6) is 5.75 Å². The lowest BCUT2D eigenvalue weighted by molar-refractivity contribution is 0.0854. The van der Waals surface area contributed by atoms with Crippen LogP contribution in [0.1, 0.15) is 45.8 Å². The van der Waals surface area contributed by atoms with Gasteiger partial charge in [0.1, 0.15) is 11.6 Å². The Labute approximate surface area is 199 Å². The molecule has 1 aromatic heterocycles. The van der Waals surface area contributed by atoms with Crippen LogP contribution in [0, 0.1) is 6.92 Å². The Morgan fingerprint density at radius 2 is 1.76 bits per heavy atom. The topological polar surface area (TPSA) is 74.4 Å². The van der Waals surface area contributed by atoms with Crippen LogP contribution in [0.4, 0.5) is 5.82 Å². The molecule has 0 radical (unpaired) electrons. The molecule has 1 fully saturated rings. The van der Waals surface area contributed by atoms with Gasteiger partial charge in [-0.1, -0.05) is 36.4 Å². The van der Waals surface area contributed by atoms with E-state index in [2.05, 4.69) is 17.1 Å². The highest BCUT2D eigenvalue weighted by Gasteiger charge is 2.22. The van der Waals surface area contributed by atoms with Crippen LogP contribution in [0.25, 0.3) is 22.0 Å². The van der Waals surface area contributed by atoms with Gasteiger partial charge in [-0.2, -0.15) is 0 Å². The van der Waals surface area contributed by atoms with Crippen LogP contribution in [0.2, 0.25) is 0 Å². The summed E-state index contributed by atoms with van der Waals surface area (Å²) >= 11 is 0. The number of aromatic nitrogens is 1. The molecule has 172 valence electrons. The molecule has 0 bridgehead atoms. The van der Waals surface area contributed by atoms with Crippen molar-refractivity contribution in [2.75, 3.05) is 26.1 Å². The Bertz CT molecular complexity index is 1370. The molecule has 5 nitrogen and oxygen atoms in total. The molecular formula is C29H28N2O3. The first-order valence-electron chi connectivity index (χ1n) is 11.6. The number of hydrogen-bond acceptors (Lipinski definition) is 5. The largest absolute Gasteiger partial charge is 0.496 e. The van der Waals surface area contributed by atoms with Gasteiger partial charge in [-0.25, -0.2) is 4.98 Å². The van der Waals surface area contributed by atoms with E-state index in [-0.39, 0.29) is 5.78 Å². The van der Waals surface area contributed by atoms with Gasteiger partial charge in [-0.3, -0.25) is 4.79 Å². The summed E-state index contributed by atoms with van der Waals surface area (Å²) in [5, 5.41) is 1.02. The predicted octanol–water partition coefficient (Wildman–Crippen LogP) is 5.93. The van der Waals surface area contributed by atoms with Crippen molar-refractivity contribution in [1.29, 1.82) is 0 Å². The molecular weight excluding hydrogens is 424 g/mol. The Hall–Kier alpha value is -3.70. The van der Waals surface area contributed by atoms with E-state index in [0.29, 0.717) is 28.6 Å². The van der Waals surface area contributed by atoms with E-state index < -0.39 is 0 Å². The number of hydrogen-bond donors (Lipinski definition) is 1. The number of aryl methyl sites for hydroxylation is 1. The fraction of sp³-hybridized carbons (Fsp3) is 0.241. The van der Waals surface area contributed by atoms with Gasteiger partial charge in [-0.15, -0.1) is 0 Å². The molecule has 2 N–H and O–H groups in total. The zero-order valence-corrected chi connectivity index (χ0v) is 19.5. The smallest absolute Gasteiger partial charge is 0.197 e. The molecule has 4 aromatic rings. The minimum atomic E-state index is -0.0606. The van der Waals surface area contributed by atoms with E-state index in [1.54, 1.807) is 13.2 Å². The van der Waals surface area contributed by atoms with Crippen LogP contribution < -0.4 is 10.5 Å². The van der Waals surface area contributed by atoms with Crippen LogP contribution in [0.15, 0.2) is 66.7 Å². The zero-order chi connectivity index (χ0) is 23.7. The number of methoxy groups -OCH3 is 1. The van der Waals surface area contributed by atoms with E-state index in [9.17, 15) is 4.79 Å². The van der Waals surface area contributed by atoms with E-state index in [1.165, 1.54) is 0 Å². The highest BCUT2D eigenvalue weighted by Crippen LogP contribution is 2.36. The van der Waals surface area contributed by atoms with Crippen molar-refractivity contribution in [3.05, 3.63) is 89.0 Å². The van der Waals surface area contributed by atoms with Gasteiger partial charge in [0.25, 0.3) is 0 Å². The van der Waals surface area contributed by atoms with Crippen molar-refractivity contribution in [2.45, 2.75) is 25.7 Å². The van der Waals surface area contributed by atoms with Gasteiger partial charge in [0.2, 0.25) is 0 Å². The summed E-state index contributed by atoms with van der Waals surface area (Å²) < 4.78 is 11.0. The number of ketones is 1. The molecule has 0 aliphatic carbocycles. The lowest BCUT2D eigenvalue weighted by Gasteiger charge is -2.23. The molecule has 0 amide bonds. The van der Waals surface area contributed by atoms with Crippen LogP contribution in [-0.2, 0) is 4.74 Å². The molecule has 0 atom stereocenters.